The third-order valence-corrected chi connectivity index (χ3v) is 2.45. The Bertz CT molecular complexity index is 535. The SMILES string of the molecule is CCCn1cc(N)c(-c2cccc(F)c2F)n1. The van der Waals surface area contributed by atoms with Crippen LogP contribution in [0.4, 0.5) is 14.5 Å². The minimum atomic E-state index is -0.916. The highest BCUT2D eigenvalue weighted by Gasteiger charge is 2.15. The molecule has 2 rings (SSSR count). The van der Waals surface area contributed by atoms with Crippen LogP contribution in [0.1, 0.15) is 13.3 Å². The molecule has 3 nitrogen and oxygen atoms in total. The smallest absolute Gasteiger partial charge is 0.168 e. The number of nitrogens with zero attached hydrogens (tertiary/aromatic N) is 2. The highest BCUT2D eigenvalue weighted by molar-refractivity contribution is 5.72. The van der Waals surface area contributed by atoms with Gasteiger partial charge < -0.3 is 5.73 Å². The number of hydrogen-bond acceptors (Lipinski definition) is 2. The van der Waals surface area contributed by atoms with Crippen molar-refractivity contribution in [3.05, 3.63) is 36.0 Å². The normalized spacial score (nSPS) is 10.8. The second kappa shape index (κ2) is 4.53. The van der Waals surface area contributed by atoms with Gasteiger partial charge in [0.05, 0.1) is 5.69 Å². The van der Waals surface area contributed by atoms with E-state index < -0.39 is 11.6 Å². The molecule has 1 aromatic heterocycles. The van der Waals surface area contributed by atoms with Gasteiger partial charge in [0.25, 0.3) is 0 Å². The summed E-state index contributed by atoms with van der Waals surface area (Å²) < 4.78 is 28.3. The maximum absolute atomic E-state index is 13.6. The number of aryl methyl sites for hydroxylation is 1. The summed E-state index contributed by atoms with van der Waals surface area (Å²) >= 11 is 0. The van der Waals surface area contributed by atoms with Crippen LogP contribution < -0.4 is 5.73 Å². The Morgan fingerprint density at radius 3 is 2.82 bits per heavy atom. The quantitative estimate of drug-likeness (QED) is 0.892. The summed E-state index contributed by atoms with van der Waals surface area (Å²) in [5.41, 5.74) is 6.48. The van der Waals surface area contributed by atoms with Crippen LogP contribution >= 0.6 is 0 Å². The van der Waals surface area contributed by atoms with Gasteiger partial charge in [-0.05, 0) is 18.6 Å². The molecule has 0 radical (unpaired) electrons. The number of halogens is 2. The molecule has 1 heterocycles. The summed E-state index contributed by atoms with van der Waals surface area (Å²) in [6, 6.07) is 3.97. The summed E-state index contributed by atoms with van der Waals surface area (Å²) in [7, 11) is 0. The van der Waals surface area contributed by atoms with Crippen molar-refractivity contribution in [3.63, 3.8) is 0 Å². The first-order chi connectivity index (χ1) is 8.13. The molecule has 0 saturated heterocycles. The molecule has 0 aliphatic rings. The average Bonchev–Trinajstić information content (AvgIpc) is 2.64. The van der Waals surface area contributed by atoms with Crippen LogP contribution in [0.5, 0.6) is 0 Å². The van der Waals surface area contributed by atoms with E-state index in [1.54, 1.807) is 10.9 Å². The molecule has 2 N–H and O–H groups in total. The molecule has 0 aliphatic heterocycles. The van der Waals surface area contributed by atoms with Crippen LogP contribution in [0, 0.1) is 11.6 Å². The van der Waals surface area contributed by atoms with Crippen molar-refractivity contribution in [2.45, 2.75) is 19.9 Å². The fourth-order valence-corrected chi connectivity index (χ4v) is 1.68. The summed E-state index contributed by atoms with van der Waals surface area (Å²) in [5.74, 6) is -1.81. The van der Waals surface area contributed by atoms with Crippen LogP contribution in [0.15, 0.2) is 24.4 Å². The Kier molecular flexibility index (Phi) is 3.08. The van der Waals surface area contributed by atoms with Crippen molar-refractivity contribution < 1.29 is 8.78 Å². The number of nitrogen functional groups attached to an aromatic ring is 1. The first-order valence-electron chi connectivity index (χ1n) is 5.40. The monoisotopic (exact) mass is 237 g/mol. The van der Waals surface area contributed by atoms with E-state index >= 15 is 0 Å². The van der Waals surface area contributed by atoms with E-state index in [2.05, 4.69) is 5.10 Å². The molecule has 2 aromatic rings. The van der Waals surface area contributed by atoms with Crippen LogP contribution in [0.2, 0.25) is 0 Å². The second-order valence-electron chi connectivity index (χ2n) is 3.80. The van der Waals surface area contributed by atoms with Gasteiger partial charge in [0.2, 0.25) is 0 Å². The number of anilines is 1. The van der Waals surface area contributed by atoms with E-state index in [4.69, 9.17) is 5.73 Å². The number of aromatic nitrogens is 2. The minimum Gasteiger partial charge on any atom is -0.396 e. The van der Waals surface area contributed by atoms with Gasteiger partial charge in [0.1, 0.15) is 5.69 Å². The molecule has 5 heteroatoms. The Morgan fingerprint density at radius 2 is 2.12 bits per heavy atom. The first kappa shape index (κ1) is 11.6. The fourth-order valence-electron chi connectivity index (χ4n) is 1.68. The number of rotatable bonds is 3. The highest BCUT2D eigenvalue weighted by atomic mass is 19.2. The summed E-state index contributed by atoms with van der Waals surface area (Å²) in [6.45, 7) is 2.70. The maximum Gasteiger partial charge on any atom is 0.168 e. The van der Waals surface area contributed by atoms with Gasteiger partial charge in [0, 0.05) is 18.3 Å². The summed E-state index contributed by atoms with van der Waals surface area (Å²) in [5, 5.41) is 4.16. The van der Waals surface area contributed by atoms with Crippen molar-refractivity contribution >= 4 is 5.69 Å². The highest BCUT2D eigenvalue weighted by Crippen LogP contribution is 2.27. The first-order valence-corrected chi connectivity index (χ1v) is 5.40. The molecular weight excluding hydrogens is 224 g/mol. The molecule has 0 fully saturated rings. The third-order valence-electron chi connectivity index (χ3n) is 2.45. The second-order valence-corrected chi connectivity index (χ2v) is 3.80. The molecule has 0 unspecified atom stereocenters. The molecule has 1 aromatic carbocycles. The molecule has 0 aliphatic carbocycles. The van der Waals surface area contributed by atoms with Crippen LogP contribution in [-0.4, -0.2) is 9.78 Å². The lowest BCUT2D eigenvalue weighted by atomic mass is 10.1. The van der Waals surface area contributed by atoms with Crippen molar-refractivity contribution in [2.24, 2.45) is 0 Å². The van der Waals surface area contributed by atoms with Gasteiger partial charge in [-0.1, -0.05) is 13.0 Å². The van der Waals surface area contributed by atoms with E-state index in [1.807, 2.05) is 6.92 Å². The van der Waals surface area contributed by atoms with E-state index in [0.717, 1.165) is 12.5 Å². The van der Waals surface area contributed by atoms with Crippen molar-refractivity contribution in [1.29, 1.82) is 0 Å². The Morgan fingerprint density at radius 1 is 1.35 bits per heavy atom. The molecule has 0 atom stereocenters. The molecule has 0 amide bonds. The summed E-state index contributed by atoms with van der Waals surface area (Å²) in [4.78, 5) is 0. The van der Waals surface area contributed by atoms with Gasteiger partial charge in [-0.2, -0.15) is 5.10 Å². The molecule has 90 valence electrons. The zero-order valence-corrected chi connectivity index (χ0v) is 9.45. The minimum absolute atomic E-state index is 0.0948. The lowest BCUT2D eigenvalue weighted by Crippen LogP contribution is -1.97. The molecule has 17 heavy (non-hydrogen) atoms. The average molecular weight is 237 g/mol. The molecule has 0 bridgehead atoms. The molecular formula is C12H13F2N3. The van der Waals surface area contributed by atoms with Gasteiger partial charge in [0.15, 0.2) is 11.6 Å². The zero-order chi connectivity index (χ0) is 12.4. The van der Waals surface area contributed by atoms with Gasteiger partial charge in [-0.15, -0.1) is 0 Å². The van der Waals surface area contributed by atoms with Crippen LogP contribution in [-0.2, 0) is 6.54 Å². The summed E-state index contributed by atoms with van der Waals surface area (Å²) in [6.07, 6.45) is 2.52. The van der Waals surface area contributed by atoms with Crippen LogP contribution in [0.3, 0.4) is 0 Å². The van der Waals surface area contributed by atoms with Crippen molar-refractivity contribution in [3.8, 4) is 11.3 Å². The van der Waals surface area contributed by atoms with Gasteiger partial charge >= 0.3 is 0 Å². The maximum atomic E-state index is 13.6. The van der Waals surface area contributed by atoms with Gasteiger partial charge in [-0.3, -0.25) is 4.68 Å². The van der Waals surface area contributed by atoms with Gasteiger partial charge in [-0.25, -0.2) is 8.78 Å². The fraction of sp³-hybridized carbons (Fsp3) is 0.250. The third kappa shape index (κ3) is 2.13. The standard InChI is InChI=1S/C12H13F2N3/c1-2-6-17-7-10(15)12(16-17)8-4-3-5-9(13)11(8)14/h3-5,7H,2,6,15H2,1H3. The van der Waals surface area contributed by atoms with E-state index in [9.17, 15) is 8.78 Å². The Labute approximate surface area is 97.9 Å². The van der Waals surface area contributed by atoms with Crippen molar-refractivity contribution in [1.82, 2.24) is 9.78 Å². The topological polar surface area (TPSA) is 43.8 Å². The number of nitrogens with two attached hydrogens (primary N) is 1. The predicted octanol–water partition coefficient (Wildman–Crippen LogP) is 2.82. The van der Waals surface area contributed by atoms with E-state index in [-0.39, 0.29) is 11.3 Å². The number of hydrogen-bond donors (Lipinski definition) is 1. The molecule has 0 saturated carbocycles. The predicted molar refractivity (Wildman–Crippen MR) is 62.3 cm³/mol. The zero-order valence-electron chi connectivity index (χ0n) is 9.45. The Hall–Kier alpha value is -1.91. The largest absolute Gasteiger partial charge is 0.396 e. The Balaban J connectivity index is 2.49. The van der Waals surface area contributed by atoms with E-state index in [1.165, 1.54) is 12.1 Å². The van der Waals surface area contributed by atoms with E-state index in [0.29, 0.717) is 12.2 Å². The number of benzene rings is 1. The lowest BCUT2D eigenvalue weighted by Gasteiger charge is -2.01. The van der Waals surface area contributed by atoms with Crippen LogP contribution in [0.25, 0.3) is 11.3 Å². The lowest BCUT2D eigenvalue weighted by molar-refractivity contribution is 0.510. The van der Waals surface area contributed by atoms with Crippen molar-refractivity contribution in [2.75, 3.05) is 5.73 Å². The molecule has 0 spiro atoms.